The predicted octanol–water partition coefficient (Wildman–Crippen LogP) is 0.711. The molecule has 1 atom stereocenters. The molecule has 18 heavy (non-hydrogen) atoms. The lowest BCUT2D eigenvalue weighted by molar-refractivity contribution is 0.151. The molecule has 0 bridgehead atoms. The second-order valence-electron chi connectivity index (χ2n) is 5.15. The molecule has 1 N–H and O–H groups in total. The van der Waals surface area contributed by atoms with Crippen LogP contribution >= 0.6 is 0 Å². The number of guanidine groups is 1. The zero-order valence-corrected chi connectivity index (χ0v) is 11.6. The highest BCUT2D eigenvalue weighted by atomic mass is 16.5. The van der Waals surface area contributed by atoms with E-state index in [1.807, 2.05) is 14.0 Å². The summed E-state index contributed by atoms with van der Waals surface area (Å²) < 4.78 is 10.9. The van der Waals surface area contributed by atoms with Gasteiger partial charge in [-0.05, 0) is 19.8 Å². The molecule has 104 valence electrons. The van der Waals surface area contributed by atoms with Crippen molar-refractivity contribution in [2.75, 3.05) is 53.1 Å². The molecule has 0 amide bonds. The van der Waals surface area contributed by atoms with Crippen LogP contribution in [0.4, 0.5) is 0 Å². The van der Waals surface area contributed by atoms with Crippen molar-refractivity contribution in [2.24, 2.45) is 10.4 Å². The van der Waals surface area contributed by atoms with Crippen molar-refractivity contribution >= 4 is 5.96 Å². The monoisotopic (exact) mass is 255 g/mol. The fourth-order valence-electron chi connectivity index (χ4n) is 2.80. The van der Waals surface area contributed by atoms with Crippen LogP contribution in [-0.4, -0.2) is 64.0 Å². The van der Waals surface area contributed by atoms with Crippen molar-refractivity contribution in [2.45, 2.75) is 19.8 Å². The lowest BCUT2D eigenvalue weighted by atomic mass is 9.87. The van der Waals surface area contributed by atoms with Crippen LogP contribution in [0.3, 0.4) is 0 Å². The largest absolute Gasteiger partial charge is 0.381 e. The normalized spacial score (nSPS) is 28.3. The molecule has 0 radical (unpaired) electrons. The highest BCUT2D eigenvalue weighted by Crippen LogP contribution is 2.37. The Morgan fingerprint density at radius 2 is 2.39 bits per heavy atom. The van der Waals surface area contributed by atoms with Gasteiger partial charge in [-0.15, -0.1) is 0 Å². The Labute approximate surface area is 110 Å². The predicted molar refractivity (Wildman–Crippen MR) is 71.9 cm³/mol. The lowest BCUT2D eigenvalue weighted by Gasteiger charge is -2.24. The number of aliphatic imine (C=N–C) groups is 1. The van der Waals surface area contributed by atoms with Crippen LogP contribution in [0.5, 0.6) is 0 Å². The van der Waals surface area contributed by atoms with Crippen LogP contribution in [-0.2, 0) is 9.47 Å². The van der Waals surface area contributed by atoms with E-state index in [0.29, 0.717) is 5.41 Å². The third kappa shape index (κ3) is 3.14. The average molecular weight is 255 g/mol. The molecule has 0 saturated carbocycles. The number of ether oxygens (including phenoxy) is 2. The highest BCUT2D eigenvalue weighted by molar-refractivity contribution is 5.80. The maximum absolute atomic E-state index is 5.55. The van der Waals surface area contributed by atoms with Crippen molar-refractivity contribution in [3.8, 4) is 0 Å². The highest BCUT2D eigenvalue weighted by Gasteiger charge is 2.42. The number of likely N-dealkylation sites (tertiary alicyclic amines) is 1. The first-order valence-corrected chi connectivity index (χ1v) is 6.91. The topological polar surface area (TPSA) is 46.1 Å². The average Bonchev–Trinajstić information content (AvgIpc) is 3.01. The minimum absolute atomic E-state index is 0.386. The Morgan fingerprint density at radius 1 is 1.50 bits per heavy atom. The number of nitrogens with one attached hydrogen (secondary N) is 1. The third-order valence-corrected chi connectivity index (χ3v) is 3.87. The van der Waals surface area contributed by atoms with E-state index in [9.17, 15) is 0 Å². The van der Waals surface area contributed by atoms with Crippen LogP contribution < -0.4 is 5.32 Å². The first-order valence-electron chi connectivity index (χ1n) is 6.91. The first-order chi connectivity index (χ1) is 8.79. The molecule has 2 saturated heterocycles. The van der Waals surface area contributed by atoms with Crippen molar-refractivity contribution in [1.29, 1.82) is 0 Å². The zero-order valence-electron chi connectivity index (χ0n) is 11.6. The summed E-state index contributed by atoms with van der Waals surface area (Å²) in [5.74, 6) is 0.999. The van der Waals surface area contributed by atoms with Crippen LogP contribution in [0.1, 0.15) is 19.8 Å². The summed E-state index contributed by atoms with van der Waals surface area (Å²) >= 11 is 0. The van der Waals surface area contributed by atoms with Gasteiger partial charge in [-0.1, -0.05) is 0 Å². The van der Waals surface area contributed by atoms with Gasteiger partial charge in [0.1, 0.15) is 0 Å². The molecule has 0 aliphatic carbocycles. The molecule has 2 aliphatic heterocycles. The molecule has 1 spiro atoms. The first kappa shape index (κ1) is 13.6. The van der Waals surface area contributed by atoms with E-state index in [0.717, 1.165) is 52.0 Å². The van der Waals surface area contributed by atoms with E-state index in [1.165, 1.54) is 12.8 Å². The van der Waals surface area contributed by atoms with Crippen molar-refractivity contribution in [3.63, 3.8) is 0 Å². The summed E-state index contributed by atoms with van der Waals surface area (Å²) in [6.45, 7) is 8.32. The zero-order chi connectivity index (χ0) is 12.8. The molecule has 5 nitrogen and oxygen atoms in total. The van der Waals surface area contributed by atoms with Crippen LogP contribution in [0.2, 0.25) is 0 Å². The molecule has 2 fully saturated rings. The van der Waals surface area contributed by atoms with Crippen molar-refractivity contribution < 1.29 is 9.47 Å². The smallest absolute Gasteiger partial charge is 0.193 e. The van der Waals surface area contributed by atoms with Crippen LogP contribution in [0, 0.1) is 5.41 Å². The van der Waals surface area contributed by atoms with Gasteiger partial charge in [0.15, 0.2) is 5.96 Å². The fraction of sp³-hybridized carbons (Fsp3) is 0.923. The SMILES string of the molecule is CCOCCNC(=NC)N1CCC2(CCOC2)C1. The Balaban J connectivity index is 1.79. The molecule has 2 rings (SSSR count). The summed E-state index contributed by atoms with van der Waals surface area (Å²) in [4.78, 5) is 6.71. The third-order valence-electron chi connectivity index (χ3n) is 3.87. The van der Waals surface area contributed by atoms with Gasteiger partial charge in [0.25, 0.3) is 0 Å². The second-order valence-corrected chi connectivity index (χ2v) is 5.15. The molecular formula is C13H25N3O2. The van der Waals surface area contributed by atoms with Gasteiger partial charge < -0.3 is 19.7 Å². The standard InChI is InChI=1S/C13H25N3O2/c1-3-17-9-6-15-12(14-2)16-7-4-13(10-16)5-8-18-11-13/h3-11H2,1-2H3,(H,14,15). The van der Waals surface area contributed by atoms with Gasteiger partial charge in [-0.2, -0.15) is 0 Å². The molecule has 0 aromatic heterocycles. The fourth-order valence-corrected chi connectivity index (χ4v) is 2.80. The number of rotatable bonds is 4. The minimum Gasteiger partial charge on any atom is -0.381 e. The van der Waals surface area contributed by atoms with Gasteiger partial charge in [-0.25, -0.2) is 0 Å². The second kappa shape index (κ2) is 6.38. The van der Waals surface area contributed by atoms with Crippen molar-refractivity contribution in [1.82, 2.24) is 10.2 Å². The number of hydrogen-bond acceptors (Lipinski definition) is 3. The van der Waals surface area contributed by atoms with Gasteiger partial charge >= 0.3 is 0 Å². The summed E-state index contributed by atoms with van der Waals surface area (Å²) in [6.07, 6.45) is 2.42. The maximum atomic E-state index is 5.55. The Hall–Kier alpha value is -0.810. The summed E-state index contributed by atoms with van der Waals surface area (Å²) in [5, 5.41) is 3.36. The summed E-state index contributed by atoms with van der Waals surface area (Å²) in [7, 11) is 1.85. The summed E-state index contributed by atoms with van der Waals surface area (Å²) in [5.41, 5.74) is 0.386. The lowest BCUT2D eigenvalue weighted by Crippen LogP contribution is -2.42. The van der Waals surface area contributed by atoms with E-state index in [4.69, 9.17) is 9.47 Å². The maximum Gasteiger partial charge on any atom is 0.193 e. The van der Waals surface area contributed by atoms with E-state index < -0.39 is 0 Å². The molecule has 2 aliphatic rings. The van der Waals surface area contributed by atoms with E-state index in [2.05, 4.69) is 15.2 Å². The van der Waals surface area contributed by atoms with Gasteiger partial charge in [-0.3, -0.25) is 4.99 Å². The molecular weight excluding hydrogens is 230 g/mol. The molecule has 5 heteroatoms. The minimum atomic E-state index is 0.386. The van der Waals surface area contributed by atoms with Crippen LogP contribution in [0.25, 0.3) is 0 Å². The Morgan fingerprint density at radius 3 is 3.06 bits per heavy atom. The molecule has 0 aromatic rings. The van der Waals surface area contributed by atoms with Crippen LogP contribution in [0.15, 0.2) is 4.99 Å². The molecule has 2 heterocycles. The van der Waals surface area contributed by atoms with Gasteiger partial charge in [0.2, 0.25) is 0 Å². The Bertz CT molecular complexity index is 288. The van der Waals surface area contributed by atoms with E-state index in [-0.39, 0.29) is 0 Å². The summed E-state index contributed by atoms with van der Waals surface area (Å²) in [6, 6.07) is 0. The molecule has 1 unspecified atom stereocenters. The number of hydrogen-bond donors (Lipinski definition) is 1. The Kier molecular flexibility index (Phi) is 4.83. The van der Waals surface area contributed by atoms with Gasteiger partial charge in [0, 0.05) is 45.3 Å². The quantitative estimate of drug-likeness (QED) is 0.456. The molecule has 0 aromatic carbocycles. The van der Waals surface area contributed by atoms with Gasteiger partial charge in [0.05, 0.1) is 13.2 Å². The number of nitrogens with zero attached hydrogens (tertiary/aromatic N) is 2. The van der Waals surface area contributed by atoms with Crippen molar-refractivity contribution in [3.05, 3.63) is 0 Å². The van der Waals surface area contributed by atoms with E-state index >= 15 is 0 Å². The van der Waals surface area contributed by atoms with E-state index in [1.54, 1.807) is 0 Å².